The molecule has 0 saturated carbocycles. The number of hydrogen-bond acceptors (Lipinski definition) is 1. The first-order valence-electron chi connectivity index (χ1n) is 5.39. The standard InChI is InChI=1S/C12H20FNO/c1-9(13)5-10-7-14(8-10)11(15)6-12(2,3)4/h5,10H,6-8H2,1-4H3/b9-5-. The van der Waals surface area contributed by atoms with E-state index in [2.05, 4.69) is 0 Å². The minimum absolute atomic E-state index is 0.0357. The van der Waals surface area contributed by atoms with E-state index < -0.39 is 0 Å². The van der Waals surface area contributed by atoms with Crippen molar-refractivity contribution in [3.8, 4) is 0 Å². The zero-order valence-electron chi connectivity index (χ0n) is 10.0. The van der Waals surface area contributed by atoms with Crippen LogP contribution in [0.3, 0.4) is 0 Å². The number of rotatable bonds is 2. The summed E-state index contributed by atoms with van der Waals surface area (Å²) in [6, 6.07) is 0. The highest BCUT2D eigenvalue weighted by molar-refractivity contribution is 5.77. The molecule has 86 valence electrons. The Bertz CT molecular complexity index is 268. The SMILES string of the molecule is C/C(F)=C/C1CN(C(=O)CC(C)(C)C)C1. The maximum absolute atomic E-state index is 12.5. The van der Waals surface area contributed by atoms with Crippen molar-refractivity contribution in [2.75, 3.05) is 13.1 Å². The minimum Gasteiger partial charge on any atom is -0.341 e. The summed E-state index contributed by atoms with van der Waals surface area (Å²) in [6.07, 6.45) is 2.17. The average Bonchev–Trinajstić information content (AvgIpc) is 1.91. The first-order valence-corrected chi connectivity index (χ1v) is 5.39. The third-order valence-corrected chi connectivity index (χ3v) is 2.41. The van der Waals surface area contributed by atoms with E-state index in [9.17, 15) is 9.18 Å². The van der Waals surface area contributed by atoms with E-state index >= 15 is 0 Å². The molecule has 0 bridgehead atoms. The predicted octanol–water partition coefficient (Wildman–Crippen LogP) is 2.75. The van der Waals surface area contributed by atoms with Gasteiger partial charge in [0.1, 0.15) is 0 Å². The van der Waals surface area contributed by atoms with Crippen LogP contribution in [-0.4, -0.2) is 23.9 Å². The third kappa shape index (κ3) is 4.02. The van der Waals surface area contributed by atoms with E-state index in [4.69, 9.17) is 0 Å². The van der Waals surface area contributed by atoms with Crippen LogP contribution < -0.4 is 0 Å². The fraction of sp³-hybridized carbons (Fsp3) is 0.750. The Morgan fingerprint density at radius 2 is 2.00 bits per heavy atom. The highest BCUT2D eigenvalue weighted by Gasteiger charge is 2.31. The molecule has 2 nitrogen and oxygen atoms in total. The Hall–Kier alpha value is -0.860. The molecule has 1 aliphatic rings. The Morgan fingerprint density at radius 1 is 1.47 bits per heavy atom. The van der Waals surface area contributed by atoms with Crippen molar-refractivity contribution in [3.63, 3.8) is 0 Å². The van der Waals surface area contributed by atoms with Crippen LogP contribution in [0, 0.1) is 11.3 Å². The lowest BCUT2D eigenvalue weighted by atomic mass is 9.90. The molecule has 0 aliphatic carbocycles. The van der Waals surface area contributed by atoms with E-state index in [1.54, 1.807) is 11.0 Å². The topological polar surface area (TPSA) is 20.3 Å². The quantitative estimate of drug-likeness (QED) is 0.690. The summed E-state index contributed by atoms with van der Waals surface area (Å²) in [4.78, 5) is 13.5. The molecule has 1 rings (SSSR count). The fourth-order valence-electron chi connectivity index (χ4n) is 1.71. The third-order valence-electron chi connectivity index (χ3n) is 2.41. The van der Waals surface area contributed by atoms with Crippen molar-refractivity contribution in [2.45, 2.75) is 34.1 Å². The van der Waals surface area contributed by atoms with Crippen LogP contribution in [0.1, 0.15) is 34.1 Å². The van der Waals surface area contributed by atoms with Gasteiger partial charge in [-0.3, -0.25) is 4.79 Å². The average molecular weight is 213 g/mol. The zero-order chi connectivity index (χ0) is 11.6. The van der Waals surface area contributed by atoms with Crippen molar-refractivity contribution < 1.29 is 9.18 Å². The molecular formula is C12H20FNO. The minimum atomic E-state index is -0.150. The number of halogens is 1. The van der Waals surface area contributed by atoms with Gasteiger partial charge in [-0.2, -0.15) is 0 Å². The molecule has 0 radical (unpaired) electrons. The van der Waals surface area contributed by atoms with Crippen molar-refractivity contribution in [1.29, 1.82) is 0 Å². The van der Waals surface area contributed by atoms with Crippen LogP contribution in [0.4, 0.5) is 4.39 Å². The lowest BCUT2D eigenvalue weighted by Gasteiger charge is -2.39. The number of hydrogen-bond donors (Lipinski definition) is 0. The normalized spacial score (nSPS) is 19.0. The van der Waals surface area contributed by atoms with E-state index in [1.165, 1.54) is 6.92 Å². The summed E-state index contributed by atoms with van der Waals surface area (Å²) in [5.41, 5.74) is 0.0357. The zero-order valence-corrected chi connectivity index (χ0v) is 10.0. The maximum atomic E-state index is 12.5. The van der Waals surface area contributed by atoms with Gasteiger partial charge in [0, 0.05) is 25.4 Å². The van der Waals surface area contributed by atoms with Gasteiger partial charge in [0.2, 0.25) is 5.91 Å². The summed E-state index contributed by atoms with van der Waals surface area (Å²) in [6.45, 7) is 8.95. The number of likely N-dealkylation sites (tertiary alicyclic amines) is 1. The Labute approximate surface area is 91.1 Å². The molecule has 1 saturated heterocycles. The second-order valence-electron chi connectivity index (χ2n) is 5.55. The molecule has 1 amide bonds. The molecule has 0 aromatic rings. The molecule has 1 fully saturated rings. The van der Waals surface area contributed by atoms with Gasteiger partial charge in [0.05, 0.1) is 5.83 Å². The molecule has 0 N–H and O–H groups in total. The van der Waals surface area contributed by atoms with Crippen molar-refractivity contribution in [2.24, 2.45) is 11.3 Å². The number of amides is 1. The molecule has 0 unspecified atom stereocenters. The summed E-state index contributed by atoms with van der Waals surface area (Å²) in [5, 5.41) is 0. The van der Waals surface area contributed by atoms with Crippen molar-refractivity contribution in [3.05, 3.63) is 11.9 Å². The van der Waals surface area contributed by atoms with Gasteiger partial charge in [0.15, 0.2) is 0 Å². The van der Waals surface area contributed by atoms with E-state index in [0.717, 1.165) is 0 Å². The van der Waals surface area contributed by atoms with Gasteiger partial charge in [-0.25, -0.2) is 4.39 Å². The highest BCUT2D eigenvalue weighted by atomic mass is 19.1. The molecule has 1 aliphatic heterocycles. The summed E-state index contributed by atoms with van der Waals surface area (Å²) < 4.78 is 12.5. The van der Waals surface area contributed by atoms with Gasteiger partial charge >= 0.3 is 0 Å². The highest BCUT2D eigenvalue weighted by Crippen LogP contribution is 2.25. The Balaban J connectivity index is 2.33. The summed E-state index contributed by atoms with van der Waals surface area (Å²) >= 11 is 0. The molecule has 0 aromatic carbocycles. The fourth-order valence-corrected chi connectivity index (χ4v) is 1.71. The largest absolute Gasteiger partial charge is 0.341 e. The predicted molar refractivity (Wildman–Crippen MR) is 59.0 cm³/mol. The smallest absolute Gasteiger partial charge is 0.223 e. The molecule has 3 heteroatoms. The van der Waals surface area contributed by atoms with Crippen LogP contribution in [0.15, 0.2) is 11.9 Å². The Morgan fingerprint density at radius 3 is 2.40 bits per heavy atom. The second kappa shape index (κ2) is 4.33. The first-order chi connectivity index (χ1) is 6.78. The lowest BCUT2D eigenvalue weighted by molar-refractivity contribution is -0.138. The molecule has 0 aromatic heterocycles. The molecular weight excluding hydrogens is 193 g/mol. The van der Waals surface area contributed by atoms with E-state index in [0.29, 0.717) is 19.5 Å². The molecule has 1 heterocycles. The van der Waals surface area contributed by atoms with Gasteiger partial charge in [0.25, 0.3) is 0 Å². The number of carbonyl (C=O) groups excluding carboxylic acids is 1. The second-order valence-corrected chi connectivity index (χ2v) is 5.55. The van der Waals surface area contributed by atoms with Crippen LogP contribution in [0.5, 0.6) is 0 Å². The lowest BCUT2D eigenvalue weighted by Crippen LogP contribution is -2.50. The number of allylic oxidation sites excluding steroid dienone is 1. The monoisotopic (exact) mass is 213 g/mol. The van der Waals surface area contributed by atoms with E-state index in [-0.39, 0.29) is 23.1 Å². The van der Waals surface area contributed by atoms with Crippen LogP contribution in [0.25, 0.3) is 0 Å². The Kier molecular flexibility index (Phi) is 3.53. The number of carbonyl (C=O) groups is 1. The first kappa shape index (κ1) is 12.2. The molecule has 15 heavy (non-hydrogen) atoms. The van der Waals surface area contributed by atoms with Crippen LogP contribution >= 0.6 is 0 Å². The summed E-state index contributed by atoms with van der Waals surface area (Å²) in [7, 11) is 0. The van der Waals surface area contributed by atoms with Crippen LogP contribution in [-0.2, 0) is 4.79 Å². The maximum Gasteiger partial charge on any atom is 0.223 e. The van der Waals surface area contributed by atoms with Crippen molar-refractivity contribution >= 4 is 5.91 Å². The van der Waals surface area contributed by atoms with Crippen molar-refractivity contribution in [1.82, 2.24) is 4.90 Å². The number of nitrogens with zero attached hydrogens (tertiary/aromatic N) is 1. The van der Waals surface area contributed by atoms with Gasteiger partial charge in [-0.1, -0.05) is 20.8 Å². The van der Waals surface area contributed by atoms with E-state index in [1.807, 2.05) is 20.8 Å². The van der Waals surface area contributed by atoms with Gasteiger partial charge in [-0.05, 0) is 18.4 Å². The van der Waals surface area contributed by atoms with Gasteiger partial charge in [-0.15, -0.1) is 0 Å². The molecule has 0 spiro atoms. The molecule has 0 atom stereocenters. The van der Waals surface area contributed by atoms with Gasteiger partial charge < -0.3 is 4.90 Å². The van der Waals surface area contributed by atoms with Crippen LogP contribution in [0.2, 0.25) is 0 Å². The summed E-state index contributed by atoms with van der Waals surface area (Å²) in [5.74, 6) is 0.255.